The number of ether oxygens (including phenoxy) is 2. The van der Waals surface area contributed by atoms with Crippen LogP contribution >= 0.6 is 11.5 Å². The van der Waals surface area contributed by atoms with Crippen LogP contribution in [0.15, 0.2) is 18.2 Å². The second kappa shape index (κ2) is 4.96. The molecule has 0 N–H and O–H groups in total. The number of hydrogen-bond donors (Lipinski definition) is 0. The highest BCUT2D eigenvalue weighted by molar-refractivity contribution is 7.07. The predicted molar refractivity (Wildman–Crippen MR) is 64.4 cm³/mol. The van der Waals surface area contributed by atoms with E-state index in [-0.39, 0.29) is 16.6 Å². The topological polar surface area (TPSA) is 87.4 Å². The van der Waals surface area contributed by atoms with Gasteiger partial charge in [0.1, 0.15) is 11.6 Å². The van der Waals surface area contributed by atoms with E-state index in [1.165, 1.54) is 19.2 Å². The molecule has 0 amide bonds. The summed E-state index contributed by atoms with van der Waals surface area (Å²) in [6.45, 7) is 1.71. The zero-order valence-electron chi connectivity index (χ0n) is 9.61. The Hall–Kier alpha value is -2.22. The van der Waals surface area contributed by atoms with Crippen molar-refractivity contribution in [1.82, 2.24) is 9.36 Å². The van der Waals surface area contributed by atoms with Gasteiger partial charge in [-0.25, -0.2) is 0 Å². The molecule has 2 rings (SSSR count). The van der Waals surface area contributed by atoms with Crippen LogP contribution in [0.25, 0.3) is 0 Å². The fourth-order valence-electron chi connectivity index (χ4n) is 1.27. The van der Waals surface area contributed by atoms with Crippen LogP contribution in [0.1, 0.15) is 5.82 Å². The standard InChI is InChI=1S/C10H9N3O4S/c1-6-11-10(18-12-6)17-9-4-3-7(16-2)5-8(9)13(14)15/h3-5H,1-2H3. The van der Waals surface area contributed by atoms with Crippen LogP contribution in [0.5, 0.6) is 16.7 Å². The molecule has 0 saturated heterocycles. The van der Waals surface area contributed by atoms with E-state index < -0.39 is 4.92 Å². The molecule has 0 bridgehead atoms. The van der Waals surface area contributed by atoms with Gasteiger partial charge in [0.05, 0.1) is 18.1 Å². The summed E-state index contributed by atoms with van der Waals surface area (Å²) < 4.78 is 14.2. The molecule has 0 aliphatic rings. The molecule has 0 saturated carbocycles. The van der Waals surface area contributed by atoms with E-state index in [0.717, 1.165) is 11.5 Å². The van der Waals surface area contributed by atoms with Gasteiger partial charge < -0.3 is 9.47 Å². The van der Waals surface area contributed by atoms with E-state index in [2.05, 4.69) is 9.36 Å². The van der Waals surface area contributed by atoms with Crippen LogP contribution in [0, 0.1) is 17.0 Å². The van der Waals surface area contributed by atoms with Crippen molar-refractivity contribution in [2.24, 2.45) is 0 Å². The number of rotatable bonds is 4. The van der Waals surface area contributed by atoms with Crippen molar-refractivity contribution in [3.63, 3.8) is 0 Å². The first-order valence-electron chi connectivity index (χ1n) is 4.90. The minimum absolute atomic E-state index is 0.108. The second-order valence-electron chi connectivity index (χ2n) is 3.30. The van der Waals surface area contributed by atoms with Crippen LogP contribution in [0.2, 0.25) is 0 Å². The fraction of sp³-hybridized carbons (Fsp3) is 0.200. The lowest BCUT2D eigenvalue weighted by atomic mass is 10.3. The zero-order valence-corrected chi connectivity index (χ0v) is 10.4. The van der Waals surface area contributed by atoms with E-state index in [9.17, 15) is 10.1 Å². The highest BCUT2D eigenvalue weighted by Crippen LogP contribution is 2.34. The summed E-state index contributed by atoms with van der Waals surface area (Å²) in [7, 11) is 1.44. The maximum absolute atomic E-state index is 10.9. The summed E-state index contributed by atoms with van der Waals surface area (Å²) in [4.78, 5) is 14.4. The molecule has 94 valence electrons. The quantitative estimate of drug-likeness (QED) is 0.625. The second-order valence-corrected chi connectivity index (χ2v) is 4.01. The number of nitro groups is 1. The summed E-state index contributed by atoms with van der Waals surface area (Å²) >= 11 is 1.04. The van der Waals surface area contributed by atoms with Crippen LogP contribution in [-0.4, -0.2) is 21.4 Å². The Morgan fingerprint density at radius 1 is 1.44 bits per heavy atom. The molecule has 0 fully saturated rings. The van der Waals surface area contributed by atoms with E-state index in [0.29, 0.717) is 11.6 Å². The first kappa shape index (κ1) is 12.2. The van der Waals surface area contributed by atoms with Gasteiger partial charge in [0, 0.05) is 11.5 Å². The molecular weight excluding hydrogens is 258 g/mol. The summed E-state index contributed by atoms with van der Waals surface area (Å²) in [6.07, 6.45) is 0. The average molecular weight is 267 g/mol. The van der Waals surface area contributed by atoms with Crippen LogP contribution in [0.3, 0.4) is 0 Å². The minimum Gasteiger partial charge on any atom is -0.496 e. The summed E-state index contributed by atoms with van der Waals surface area (Å²) in [6, 6.07) is 4.34. The van der Waals surface area contributed by atoms with Gasteiger partial charge >= 0.3 is 5.69 Å². The Balaban J connectivity index is 2.34. The van der Waals surface area contributed by atoms with Gasteiger partial charge in [-0.3, -0.25) is 10.1 Å². The molecule has 0 atom stereocenters. The first-order chi connectivity index (χ1) is 8.60. The maximum Gasteiger partial charge on any atom is 0.315 e. The Labute approximate surface area is 106 Å². The zero-order chi connectivity index (χ0) is 13.1. The van der Waals surface area contributed by atoms with Gasteiger partial charge in [-0.05, 0) is 19.1 Å². The number of nitro benzene ring substituents is 1. The number of aromatic nitrogens is 2. The van der Waals surface area contributed by atoms with E-state index in [1.807, 2.05) is 0 Å². The lowest BCUT2D eigenvalue weighted by molar-refractivity contribution is -0.385. The molecule has 18 heavy (non-hydrogen) atoms. The SMILES string of the molecule is COc1ccc(Oc2nc(C)ns2)c([N+](=O)[O-])c1. The average Bonchev–Trinajstić information content (AvgIpc) is 2.75. The molecule has 1 aromatic heterocycles. The molecule has 0 aliphatic carbocycles. The van der Waals surface area contributed by atoms with Gasteiger partial charge in [0.2, 0.25) is 5.75 Å². The summed E-state index contributed by atoms with van der Waals surface area (Å²) in [5.74, 6) is 1.06. The van der Waals surface area contributed by atoms with Gasteiger partial charge in [-0.1, -0.05) is 0 Å². The number of aryl methyl sites for hydroxylation is 1. The molecule has 8 heteroatoms. The molecule has 0 unspecified atom stereocenters. The van der Waals surface area contributed by atoms with Gasteiger partial charge in [0.25, 0.3) is 5.19 Å². The van der Waals surface area contributed by atoms with Crippen molar-refractivity contribution < 1.29 is 14.4 Å². The summed E-state index contributed by atoms with van der Waals surface area (Å²) in [5, 5.41) is 11.2. The maximum atomic E-state index is 10.9. The predicted octanol–water partition coefficient (Wildman–Crippen LogP) is 2.56. The van der Waals surface area contributed by atoms with Crippen molar-refractivity contribution in [2.45, 2.75) is 6.92 Å². The first-order valence-corrected chi connectivity index (χ1v) is 5.68. The van der Waals surface area contributed by atoms with E-state index in [4.69, 9.17) is 9.47 Å². The van der Waals surface area contributed by atoms with Gasteiger partial charge in [-0.15, -0.1) is 0 Å². The molecule has 0 aliphatic heterocycles. The highest BCUT2D eigenvalue weighted by Gasteiger charge is 2.18. The third-order valence-corrected chi connectivity index (χ3v) is 2.76. The fourth-order valence-corrected chi connectivity index (χ4v) is 1.82. The van der Waals surface area contributed by atoms with Crippen molar-refractivity contribution >= 4 is 17.2 Å². The van der Waals surface area contributed by atoms with E-state index in [1.54, 1.807) is 13.0 Å². The third kappa shape index (κ3) is 2.54. The number of methoxy groups -OCH3 is 1. The Morgan fingerprint density at radius 3 is 2.78 bits per heavy atom. The smallest absolute Gasteiger partial charge is 0.315 e. The van der Waals surface area contributed by atoms with Crippen molar-refractivity contribution in [3.8, 4) is 16.7 Å². The molecule has 1 heterocycles. The number of hydrogen-bond acceptors (Lipinski definition) is 7. The molecule has 0 spiro atoms. The molecule has 1 aromatic carbocycles. The number of benzene rings is 1. The molecule has 2 aromatic rings. The monoisotopic (exact) mass is 267 g/mol. The van der Waals surface area contributed by atoms with Crippen molar-refractivity contribution in [3.05, 3.63) is 34.1 Å². The molecular formula is C10H9N3O4S. The lowest BCUT2D eigenvalue weighted by Crippen LogP contribution is -1.94. The van der Waals surface area contributed by atoms with E-state index >= 15 is 0 Å². The normalized spacial score (nSPS) is 10.1. The summed E-state index contributed by atoms with van der Waals surface area (Å²) in [5.41, 5.74) is -0.179. The lowest BCUT2D eigenvalue weighted by Gasteiger charge is -2.04. The third-order valence-electron chi connectivity index (χ3n) is 2.07. The Morgan fingerprint density at radius 2 is 2.22 bits per heavy atom. The van der Waals surface area contributed by atoms with Crippen molar-refractivity contribution in [2.75, 3.05) is 7.11 Å². The molecule has 0 radical (unpaired) electrons. The number of nitrogens with zero attached hydrogens (tertiary/aromatic N) is 3. The Kier molecular flexibility index (Phi) is 3.38. The molecule has 7 nitrogen and oxygen atoms in total. The van der Waals surface area contributed by atoms with Gasteiger partial charge in [0.15, 0.2) is 0 Å². The highest BCUT2D eigenvalue weighted by atomic mass is 32.1. The Bertz CT molecular complexity index is 584. The van der Waals surface area contributed by atoms with Crippen molar-refractivity contribution in [1.29, 1.82) is 0 Å². The van der Waals surface area contributed by atoms with Crippen LogP contribution in [0.4, 0.5) is 5.69 Å². The van der Waals surface area contributed by atoms with Crippen LogP contribution in [-0.2, 0) is 0 Å². The largest absolute Gasteiger partial charge is 0.496 e. The van der Waals surface area contributed by atoms with Crippen LogP contribution < -0.4 is 9.47 Å². The van der Waals surface area contributed by atoms with Gasteiger partial charge in [-0.2, -0.15) is 9.36 Å². The minimum atomic E-state index is -0.536.